The Morgan fingerprint density at radius 2 is 1.69 bits per heavy atom. The van der Waals surface area contributed by atoms with Crippen LogP contribution >= 0.6 is 0 Å². The minimum absolute atomic E-state index is 0.0465. The third-order valence-corrected chi connectivity index (χ3v) is 10.6. The minimum atomic E-state index is -4.55. The normalized spacial score (nSPS) is 24.8. The van der Waals surface area contributed by atoms with Gasteiger partial charge in [-0.15, -0.1) is 0 Å². The zero-order valence-electron chi connectivity index (χ0n) is 22.8. The first-order valence-electron chi connectivity index (χ1n) is 13.5. The molecule has 4 rings (SSSR count). The molecule has 0 bridgehead atoms. The second kappa shape index (κ2) is 10.6. The van der Waals surface area contributed by atoms with Gasteiger partial charge in [0.1, 0.15) is 0 Å². The summed E-state index contributed by atoms with van der Waals surface area (Å²) in [6.45, 7) is 6.55. The summed E-state index contributed by atoms with van der Waals surface area (Å²) < 4.78 is 66.9. The third-order valence-electron chi connectivity index (χ3n) is 8.77. The van der Waals surface area contributed by atoms with Crippen LogP contribution in [0.5, 0.6) is 0 Å². The maximum absolute atomic E-state index is 14.0. The topological polar surface area (TPSA) is 98.2 Å². The Bertz CT molecular complexity index is 1180. The van der Waals surface area contributed by atoms with Gasteiger partial charge in [-0.1, -0.05) is 13.8 Å². The Labute approximate surface area is 228 Å². The van der Waals surface area contributed by atoms with E-state index in [9.17, 15) is 36.3 Å². The van der Waals surface area contributed by atoms with Crippen molar-refractivity contribution in [2.24, 2.45) is 23.2 Å². The minimum Gasteiger partial charge on any atom is -0.465 e. The number of carboxylic acid groups (broad SMARTS) is 1. The smallest absolute Gasteiger partial charge is 0.416 e. The number of halogens is 3. The first-order chi connectivity index (χ1) is 18.0. The average molecular weight is 574 g/mol. The molecule has 8 nitrogen and oxygen atoms in total. The maximum atomic E-state index is 14.0. The van der Waals surface area contributed by atoms with Crippen molar-refractivity contribution in [2.75, 3.05) is 26.7 Å². The number of sulfonamides is 1. The summed E-state index contributed by atoms with van der Waals surface area (Å²) in [7, 11) is -2.50. The van der Waals surface area contributed by atoms with E-state index in [4.69, 9.17) is 0 Å². The fourth-order valence-corrected chi connectivity index (χ4v) is 7.77. The van der Waals surface area contributed by atoms with E-state index in [1.165, 1.54) is 16.3 Å². The van der Waals surface area contributed by atoms with E-state index < -0.39 is 33.3 Å². The molecule has 3 aliphatic rings. The van der Waals surface area contributed by atoms with Crippen LogP contribution in [0.3, 0.4) is 0 Å². The van der Waals surface area contributed by atoms with E-state index in [1.807, 2.05) is 18.7 Å². The lowest BCUT2D eigenvalue weighted by molar-refractivity contribution is -0.145. The van der Waals surface area contributed by atoms with Crippen LogP contribution in [0.2, 0.25) is 0 Å². The molecule has 1 heterocycles. The van der Waals surface area contributed by atoms with Crippen LogP contribution in [0.25, 0.3) is 0 Å². The van der Waals surface area contributed by atoms with Crippen LogP contribution < -0.4 is 0 Å². The van der Waals surface area contributed by atoms with Crippen molar-refractivity contribution in [3.8, 4) is 0 Å². The monoisotopic (exact) mass is 573 g/mol. The van der Waals surface area contributed by atoms with Gasteiger partial charge in [-0.25, -0.2) is 13.2 Å². The molecule has 0 spiro atoms. The van der Waals surface area contributed by atoms with Gasteiger partial charge in [0.15, 0.2) is 0 Å². The molecule has 2 aliphatic carbocycles. The molecular formula is C27H38F3N3O5S. The number of amides is 2. The SMILES string of the molecule is CC(CC(C)(C)C(=O)N(CC1CC1)[C@H]1CC[C@@H]2CN(S(=O)(=O)c3ccc(C(F)(F)F)cc3)C[C@@H]21)N(C)C(=O)O. The van der Waals surface area contributed by atoms with Gasteiger partial charge < -0.3 is 14.9 Å². The fourth-order valence-electron chi connectivity index (χ4n) is 6.23. The quantitative estimate of drug-likeness (QED) is 0.460. The van der Waals surface area contributed by atoms with Gasteiger partial charge >= 0.3 is 12.3 Å². The predicted molar refractivity (Wildman–Crippen MR) is 138 cm³/mol. The molecule has 1 aliphatic heterocycles. The van der Waals surface area contributed by atoms with Crippen LogP contribution in [-0.2, 0) is 21.0 Å². The highest BCUT2D eigenvalue weighted by atomic mass is 32.2. The van der Waals surface area contributed by atoms with E-state index in [2.05, 4.69) is 0 Å². The largest absolute Gasteiger partial charge is 0.465 e. The van der Waals surface area contributed by atoms with Gasteiger partial charge in [-0.3, -0.25) is 4.79 Å². The van der Waals surface area contributed by atoms with Gasteiger partial charge in [0, 0.05) is 44.2 Å². The van der Waals surface area contributed by atoms with Crippen molar-refractivity contribution in [2.45, 2.75) is 76.0 Å². The van der Waals surface area contributed by atoms with Gasteiger partial charge in [-0.05, 0) is 81.0 Å². The van der Waals surface area contributed by atoms with Crippen molar-refractivity contribution in [3.63, 3.8) is 0 Å². The molecule has 0 radical (unpaired) electrons. The summed E-state index contributed by atoms with van der Waals surface area (Å²) in [6, 6.07) is 3.08. The molecule has 1 unspecified atom stereocenters. The summed E-state index contributed by atoms with van der Waals surface area (Å²) in [5.74, 6) is 0.367. The molecule has 1 N–H and O–H groups in total. The Morgan fingerprint density at radius 1 is 1.08 bits per heavy atom. The van der Waals surface area contributed by atoms with Crippen molar-refractivity contribution in [1.29, 1.82) is 0 Å². The molecule has 1 saturated heterocycles. The number of hydrogen-bond donors (Lipinski definition) is 1. The second-order valence-electron chi connectivity index (χ2n) is 12.1. The van der Waals surface area contributed by atoms with Crippen LogP contribution in [-0.4, -0.2) is 78.4 Å². The number of benzene rings is 1. The summed E-state index contributed by atoms with van der Waals surface area (Å²) in [5, 5.41) is 9.35. The van der Waals surface area contributed by atoms with Crippen LogP contribution in [0.15, 0.2) is 29.2 Å². The van der Waals surface area contributed by atoms with Crippen LogP contribution in [0, 0.1) is 23.2 Å². The molecule has 3 fully saturated rings. The van der Waals surface area contributed by atoms with Crippen molar-refractivity contribution in [3.05, 3.63) is 29.8 Å². The molecule has 39 heavy (non-hydrogen) atoms. The fraction of sp³-hybridized carbons (Fsp3) is 0.704. The first kappa shape index (κ1) is 29.6. The maximum Gasteiger partial charge on any atom is 0.416 e. The number of nitrogens with zero attached hydrogens (tertiary/aromatic N) is 3. The number of carbonyl (C=O) groups is 2. The molecule has 2 amide bonds. The lowest BCUT2D eigenvalue weighted by Gasteiger charge is -2.40. The summed E-state index contributed by atoms with van der Waals surface area (Å²) >= 11 is 0. The zero-order chi connectivity index (χ0) is 28.9. The van der Waals surface area contributed by atoms with Gasteiger partial charge in [0.2, 0.25) is 15.9 Å². The van der Waals surface area contributed by atoms with Crippen molar-refractivity contribution >= 4 is 22.0 Å². The van der Waals surface area contributed by atoms with E-state index in [-0.39, 0.29) is 47.8 Å². The van der Waals surface area contributed by atoms with E-state index in [0.717, 1.165) is 49.9 Å². The van der Waals surface area contributed by atoms with E-state index in [1.54, 1.807) is 6.92 Å². The lowest BCUT2D eigenvalue weighted by Crippen LogP contribution is -2.51. The predicted octanol–water partition coefficient (Wildman–Crippen LogP) is 4.76. The third kappa shape index (κ3) is 6.21. The van der Waals surface area contributed by atoms with Crippen LogP contribution in [0.1, 0.15) is 58.4 Å². The standard InChI is InChI=1S/C27H38F3N3O5S/c1-17(31(4)25(35)36)13-26(2,3)24(34)33(14-18-5-6-18)23-12-7-19-15-32(16-22(19)23)39(37,38)21-10-8-20(9-11-21)27(28,29)30/h8-11,17-19,22-23H,5-7,12-16H2,1-4H3,(H,35,36)/t17?,19-,22+,23+/m1/s1. The average Bonchev–Trinajstić information content (AvgIpc) is 3.43. The van der Waals surface area contributed by atoms with E-state index >= 15 is 0 Å². The van der Waals surface area contributed by atoms with Crippen LogP contribution in [0.4, 0.5) is 18.0 Å². The Balaban J connectivity index is 1.51. The van der Waals surface area contributed by atoms with Crippen molar-refractivity contribution in [1.82, 2.24) is 14.1 Å². The highest BCUT2D eigenvalue weighted by Gasteiger charge is 2.51. The number of hydrogen-bond acceptors (Lipinski definition) is 4. The van der Waals surface area contributed by atoms with Crippen molar-refractivity contribution < 1.29 is 36.3 Å². The highest BCUT2D eigenvalue weighted by Crippen LogP contribution is 2.45. The molecule has 218 valence electrons. The van der Waals surface area contributed by atoms with E-state index in [0.29, 0.717) is 18.9 Å². The zero-order valence-corrected chi connectivity index (χ0v) is 23.6. The molecule has 1 aromatic rings. The first-order valence-corrected chi connectivity index (χ1v) is 14.9. The Kier molecular flexibility index (Phi) is 8.03. The van der Waals surface area contributed by atoms with Gasteiger partial charge in [0.05, 0.1) is 10.5 Å². The molecule has 1 aromatic carbocycles. The number of carbonyl (C=O) groups excluding carboxylic acids is 1. The summed E-state index contributed by atoms with van der Waals surface area (Å²) in [4.78, 5) is 28.4. The summed E-state index contributed by atoms with van der Waals surface area (Å²) in [6.07, 6.45) is -1.64. The number of fused-ring (bicyclic) bond motifs is 1. The number of alkyl halides is 3. The molecule has 12 heteroatoms. The Hall–Kier alpha value is -2.34. The molecule has 4 atom stereocenters. The van der Waals surface area contributed by atoms with Gasteiger partial charge in [-0.2, -0.15) is 17.5 Å². The lowest BCUT2D eigenvalue weighted by atomic mass is 9.83. The molecular weight excluding hydrogens is 535 g/mol. The Morgan fingerprint density at radius 3 is 2.23 bits per heavy atom. The van der Waals surface area contributed by atoms with Gasteiger partial charge in [0.25, 0.3) is 0 Å². The number of rotatable bonds is 9. The highest BCUT2D eigenvalue weighted by molar-refractivity contribution is 7.89. The summed E-state index contributed by atoms with van der Waals surface area (Å²) in [5.41, 5.74) is -1.72. The molecule has 0 aromatic heterocycles. The second-order valence-corrected chi connectivity index (χ2v) is 14.1. The molecule has 2 saturated carbocycles.